The zero-order valence-electron chi connectivity index (χ0n) is 13.7. The molecule has 0 fully saturated rings. The molecule has 128 valence electrons. The van der Waals surface area contributed by atoms with Gasteiger partial charge in [0.2, 0.25) is 12.3 Å². The summed E-state index contributed by atoms with van der Waals surface area (Å²) in [6.45, 7) is 1.84. The van der Waals surface area contributed by atoms with Gasteiger partial charge in [0.05, 0.1) is 0 Å². The number of rotatable bonds is 3. The standard InChI is InChI=1S/C19H13N3O4/c1-11-6-7-13(18-22-20-10-25-18)9-15(11)21-17(23)14-8-12-4-2-3-5-16(12)26-19(14)24/h2-10H,1H3,(H,21,23). The zero-order valence-corrected chi connectivity index (χ0v) is 13.7. The average Bonchev–Trinajstić information content (AvgIpc) is 3.17. The number of fused-ring (bicyclic) bond motifs is 1. The molecule has 26 heavy (non-hydrogen) atoms. The van der Waals surface area contributed by atoms with Crippen LogP contribution >= 0.6 is 0 Å². The molecule has 7 nitrogen and oxygen atoms in total. The third-order valence-electron chi connectivity index (χ3n) is 3.98. The van der Waals surface area contributed by atoms with E-state index in [1.165, 1.54) is 12.5 Å². The van der Waals surface area contributed by atoms with E-state index in [9.17, 15) is 9.59 Å². The topological polar surface area (TPSA) is 98.2 Å². The van der Waals surface area contributed by atoms with E-state index < -0.39 is 11.5 Å². The lowest BCUT2D eigenvalue weighted by Crippen LogP contribution is -2.21. The van der Waals surface area contributed by atoms with E-state index in [2.05, 4.69) is 15.5 Å². The molecule has 1 N–H and O–H groups in total. The van der Waals surface area contributed by atoms with E-state index >= 15 is 0 Å². The molecule has 4 aromatic rings. The van der Waals surface area contributed by atoms with Gasteiger partial charge in [0.15, 0.2) is 0 Å². The Morgan fingerprint density at radius 3 is 2.77 bits per heavy atom. The van der Waals surface area contributed by atoms with Gasteiger partial charge in [0, 0.05) is 16.6 Å². The molecule has 0 aliphatic heterocycles. The molecule has 0 aliphatic carbocycles. The van der Waals surface area contributed by atoms with Gasteiger partial charge in [-0.3, -0.25) is 4.79 Å². The SMILES string of the molecule is Cc1ccc(-c2nnco2)cc1NC(=O)c1cc2ccccc2oc1=O. The van der Waals surface area contributed by atoms with E-state index in [1.54, 1.807) is 24.3 Å². The van der Waals surface area contributed by atoms with E-state index in [4.69, 9.17) is 8.83 Å². The Morgan fingerprint density at radius 1 is 1.12 bits per heavy atom. The van der Waals surface area contributed by atoms with Crippen LogP contribution in [-0.4, -0.2) is 16.1 Å². The summed E-state index contributed by atoms with van der Waals surface area (Å²) in [4.78, 5) is 24.7. The number of carbonyl (C=O) groups excluding carboxylic acids is 1. The molecule has 0 bridgehead atoms. The Morgan fingerprint density at radius 2 is 1.96 bits per heavy atom. The fourth-order valence-corrected chi connectivity index (χ4v) is 2.60. The van der Waals surface area contributed by atoms with Crippen LogP contribution in [0.15, 0.2) is 68.6 Å². The van der Waals surface area contributed by atoms with Gasteiger partial charge in [0.1, 0.15) is 11.1 Å². The van der Waals surface area contributed by atoms with Crippen LogP contribution in [0.1, 0.15) is 15.9 Å². The third-order valence-corrected chi connectivity index (χ3v) is 3.98. The summed E-state index contributed by atoms with van der Waals surface area (Å²) < 4.78 is 10.4. The van der Waals surface area contributed by atoms with Gasteiger partial charge in [-0.2, -0.15) is 0 Å². The fourth-order valence-electron chi connectivity index (χ4n) is 2.60. The maximum Gasteiger partial charge on any atom is 0.349 e. The molecular formula is C19H13N3O4. The molecular weight excluding hydrogens is 334 g/mol. The summed E-state index contributed by atoms with van der Waals surface area (Å²) in [5.41, 5.74) is 1.71. The number of amides is 1. The summed E-state index contributed by atoms with van der Waals surface area (Å²) in [6.07, 6.45) is 1.23. The highest BCUT2D eigenvalue weighted by molar-refractivity contribution is 6.06. The summed E-state index contributed by atoms with van der Waals surface area (Å²) in [5, 5.41) is 10.9. The first-order valence-corrected chi connectivity index (χ1v) is 7.83. The molecule has 0 radical (unpaired) electrons. The Hall–Kier alpha value is -3.74. The number of carbonyl (C=O) groups is 1. The highest BCUT2D eigenvalue weighted by Gasteiger charge is 2.15. The second-order valence-electron chi connectivity index (χ2n) is 5.71. The second kappa shape index (κ2) is 6.29. The van der Waals surface area contributed by atoms with Crippen molar-refractivity contribution in [1.82, 2.24) is 10.2 Å². The molecule has 0 atom stereocenters. The van der Waals surface area contributed by atoms with Gasteiger partial charge < -0.3 is 14.2 Å². The largest absolute Gasteiger partial charge is 0.423 e. The second-order valence-corrected chi connectivity index (χ2v) is 5.71. The van der Waals surface area contributed by atoms with E-state index in [-0.39, 0.29) is 5.56 Å². The van der Waals surface area contributed by atoms with Crippen molar-refractivity contribution < 1.29 is 13.6 Å². The first-order chi connectivity index (χ1) is 12.6. The number of hydrogen-bond donors (Lipinski definition) is 1. The Bertz CT molecular complexity index is 1160. The maximum atomic E-state index is 12.6. The van der Waals surface area contributed by atoms with Crippen LogP contribution < -0.4 is 10.9 Å². The van der Waals surface area contributed by atoms with Crippen LogP contribution in [0.4, 0.5) is 5.69 Å². The molecule has 0 aliphatic rings. The molecule has 2 aromatic heterocycles. The van der Waals surface area contributed by atoms with Crippen molar-refractivity contribution in [2.45, 2.75) is 6.92 Å². The minimum absolute atomic E-state index is 0.0636. The molecule has 0 saturated carbocycles. The molecule has 2 aromatic carbocycles. The van der Waals surface area contributed by atoms with Gasteiger partial charge in [0.25, 0.3) is 5.91 Å². The highest BCUT2D eigenvalue weighted by Crippen LogP contribution is 2.24. The Kier molecular flexibility index (Phi) is 3.81. The van der Waals surface area contributed by atoms with Crippen LogP contribution in [0.3, 0.4) is 0 Å². The zero-order chi connectivity index (χ0) is 18.1. The lowest BCUT2D eigenvalue weighted by Gasteiger charge is -2.09. The number of benzene rings is 2. The Labute approximate surface area is 147 Å². The quantitative estimate of drug-likeness (QED) is 0.570. The molecule has 7 heteroatoms. The van der Waals surface area contributed by atoms with Gasteiger partial charge in [-0.15, -0.1) is 10.2 Å². The number of nitrogens with one attached hydrogen (secondary N) is 1. The van der Waals surface area contributed by atoms with Crippen molar-refractivity contribution in [3.8, 4) is 11.5 Å². The smallest absolute Gasteiger partial charge is 0.349 e. The normalized spacial score (nSPS) is 10.8. The number of anilines is 1. The Balaban J connectivity index is 1.69. The van der Waals surface area contributed by atoms with Crippen molar-refractivity contribution >= 4 is 22.6 Å². The van der Waals surface area contributed by atoms with Crippen LogP contribution in [0.5, 0.6) is 0 Å². The van der Waals surface area contributed by atoms with Crippen molar-refractivity contribution in [1.29, 1.82) is 0 Å². The monoisotopic (exact) mass is 347 g/mol. The first kappa shape index (κ1) is 15.8. The molecule has 1 amide bonds. The van der Waals surface area contributed by atoms with Gasteiger partial charge in [-0.05, 0) is 36.8 Å². The van der Waals surface area contributed by atoms with E-state index in [0.717, 1.165) is 5.56 Å². The number of hydrogen-bond acceptors (Lipinski definition) is 6. The predicted molar refractivity (Wildman–Crippen MR) is 94.9 cm³/mol. The van der Waals surface area contributed by atoms with E-state index in [0.29, 0.717) is 28.1 Å². The minimum Gasteiger partial charge on any atom is -0.423 e. The van der Waals surface area contributed by atoms with Gasteiger partial charge in [-0.25, -0.2) is 4.79 Å². The minimum atomic E-state index is -0.688. The summed E-state index contributed by atoms with van der Waals surface area (Å²) in [5.74, 6) is -0.207. The van der Waals surface area contributed by atoms with Crippen LogP contribution in [-0.2, 0) is 0 Å². The molecule has 0 spiro atoms. The summed E-state index contributed by atoms with van der Waals surface area (Å²) >= 11 is 0. The highest BCUT2D eigenvalue weighted by atomic mass is 16.4. The average molecular weight is 347 g/mol. The summed E-state index contributed by atoms with van der Waals surface area (Å²) in [7, 11) is 0. The number of aryl methyl sites for hydroxylation is 1. The summed E-state index contributed by atoms with van der Waals surface area (Å²) in [6, 6.07) is 13.9. The van der Waals surface area contributed by atoms with Crippen molar-refractivity contribution in [2.24, 2.45) is 0 Å². The lowest BCUT2D eigenvalue weighted by atomic mass is 10.1. The van der Waals surface area contributed by atoms with E-state index in [1.807, 2.05) is 25.1 Å². The van der Waals surface area contributed by atoms with Crippen LogP contribution in [0.2, 0.25) is 0 Å². The molecule has 0 saturated heterocycles. The molecule has 2 heterocycles. The van der Waals surface area contributed by atoms with Crippen LogP contribution in [0.25, 0.3) is 22.4 Å². The third kappa shape index (κ3) is 2.86. The molecule has 4 rings (SSSR count). The number of aromatic nitrogens is 2. The molecule has 0 unspecified atom stereocenters. The van der Waals surface area contributed by atoms with Gasteiger partial charge in [-0.1, -0.05) is 24.3 Å². The maximum absolute atomic E-state index is 12.6. The number of nitrogens with zero attached hydrogens (tertiary/aromatic N) is 2. The first-order valence-electron chi connectivity index (χ1n) is 7.83. The van der Waals surface area contributed by atoms with Crippen molar-refractivity contribution in [2.75, 3.05) is 5.32 Å². The fraction of sp³-hybridized carbons (Fsp3) is 0.0526. The van der Waals surface area contributed by atoms with Gasteiger partial charge >= 0.3 is 5.63 Å². The van der Waals surface area contributed by atoms with Crippen LogP contribution in [0, 0.1) is 6.92 Å². The van der Waals surface area contributed by atoms with Crippen molar-refractivity contribution in [3.05, 3.63) is 76.5 Å². The number of para-hydroxylation sites is 1. The lowest BCUT2D eigenvalue weighted by molar-refractivity contribution is 0.102. The van der Waals surface area contributed by atoms with Crippen molar-refractivity contribution in [3.63, 3.8) is 0 Å². The predicted octanol–water partition coefficient (Wildman–Crippen LogP) is 3.40.